The Hall–Kier alpha value is -2.86. The fraction of sp³-hybridized carbons (Fsp3) is 0.0588. The van der Waals surface area contributed by atoms with Crippen molar-refractivity contribution in [2.45, 2.75) is 6.61 Å². The van der Waals surface area contributed by atoms with Crippen molar-refractivity contribution in [2.24, 2.45) is 0 Å². The van der Waals surface area contributed by atoms with Gasteiger partial charge in [-0.2, -0.15) is 5.10 Å². The Labute approximate surface area is 137 Å². The molecule has 0 spiro atoms. The van der Waals surface area contributed by atoms with Gasteiger partial charge in [-0.25, -0.2) is 4.98 Å². The topological polar surface area (TPSA) is 62.8 Å². The number of fused-ring (bicyclic) bond motifs is 1. The lowest BCUT2D eigenvalue weighted by atomic mass is 10.2. The van der Waals surface area contributed by atoms with Crippen molar-refractivity contribution in [1.82, 2.24) is 15.2 Å². The first-order chi connectivity index (χ1) is 11.4. The number of nitrogens with zero attached hydrogens (tertiary/aromatic N) is 2. The number of hydrogen-bond donors (Lipinski definition) is 2. The van der Waals surface area contributed by atoms with Crippen LogP contribution in [0.2, 0.25) is 0 Å². The molecule has 114 valence electrons. The van der Waals surface area contributed by atoms with E-state index in [1.165, 1.54) is 4.88 Å². The molecule has 23 heavy (non-hydrogen) atoms. The van der Waals surface area contributed by atoms with Crippen LogP contribution in [0.25, 0.3) is 10.9 Å². The zero-order chi connectivity index (χ0) is 15.5. The van der Waals surface area contributed by atoms with Crippen molar-refractivity contribution in [2.75, 3.05) is 5.32 Å². The molecule has 0 bridgehead atoms. The highest BCUT2D eigenvalue weighted by molar-refractivity contribution is 7.09. The summed E-state index contributed by atoms with van der Waals surface area (Å²) in [5.41, 5.74) is 1.89. The lowest BCUT2D eigenvalue weighted by Gasteiger charge is -2.07. The van der Waals surface area contributed by atoms with Crippen LogP contribution in [0.4, 0.5) is 11.5 Å². The average molecular weight is 322 g/mol. The Morgan fingerprint density at radius 1 is 1.13 bits per heavy atom. The van der Waals surface area contributed by atoms with Crippen LogP contribution in [-0.2, 0) is 6.61 Å². The van der Waals surface area contributed by atoms with Gasteiger partial charge in [-0.1, -0.05) is 18.2 Å². The van der Waals surface area contributed by atoms with Crippen LogP contribution >= 0.6 is 11.3 Å². The highest BCUT2D eigenvalue weighted by Gasteiger charge is 2.06. The maximum Gasteiger partial charge on any atom is 0.215 e. The summed E-state index contributed by atoms with van der Waals surface area (Å²) >= 11 is 1.67. The standard InChI is InChI=1S/C17H14N4OS/c1-2-6-15-14(5-1)17(21-20-15)19-12-7-8-18-16(10-12)22-11-13-4-3-9-23-13/h1-10H,11H2,(H2,18,19,20,21). The number of rotatable bonds is 5. The van der Waals surface area contributed by atoms with Gasteiger partial charge in [-0.05, 0) is 29.6 Å². The number of anilines is 2. The fourth-order valence-electron chi connectivity index (χ4n) is 2.30. The van der Waals surface area contributed by atoms with Crippen molar-refractivity contribution in [3.63, 3.8) is 0 Å². The lowest BCUT2D eigenvalue weighted by molar-refractivity contribution is 0.297. The van der Waals surface area contributed by atoms with Crippen molar-refractivity contribution in [1.29, 1.82) is 0 Å². The van der Waals surface area contributed by atoms with Crippen LogP contribution in [0.5, 0.6) is 5.88 Å². The fourth-order valence-corrected chi connectivity index (χ4v) is 2.92. The molecule has 6 heteroatoms. The Bertz CT molecular complexity index is 917. The van der Waals surface area contributed by atoms with Crippen molar-refractivity contribution in [3.8, 4) is 5.88 Å². The minimum Gasteiger partial charge on any atom is -0.472 e. The number of nitrogens with one attached hydrogen (secondary N) is 2. The summed E-state index contributed by atoms with van der Waals surface area (Å²) in [6.45, 7) is 0.527. The van der Waals surface area contributed by atoms with E-state index in [1.54, 1.807) is 17.5 Å². The van der Waals surface area contributed by atoms with Crippen LogP contribution in [-0.4, -0.2) is 15.2 Å². The second kappa shape index (κ2) is 6.10. The molecule has 0 aliphatic carbocycles. The third-order valence-corrected chi connectivity index (χ3v) is 4.26. The SMILES string of the molecule is c1csc(COc2cc(Nc3n[nH]c4ccccc34)ccn2)c1. The van der Waals surface area contributed by atoms with E-state index in [9.17, 15) is 0 Å². The first-order valence-electron chi connectivity index (χ1n) is 7.20. The van der Waals surface area contributed by atoms with Crippen LogP contribution in [0, 0.1) is 0 Å². The number of aromatic nitrogens is 3. The molecular formula is C17H14N4OS. The summed E-state index contributed by atoms with van der Waals surface area (Å²) in [5, 5.41) is 13.7. The second-order valence-corrected chi connectivity index (χ2v) is 6.03. The third-order valence-electron chi connectivity index (χ3n) is 3.41. The zero-order valence-corrected chi connectivity index (χ0v) is 13.0. The first-order valence-corrected chi connectivity index (χ1v) is 8.08. The molecule has 0 saturated carbocycles. The first kappa shape index (κ1) is 13.8. The van der Waals surface area contributed by atoms with E-state index >= 15 is 0 Å². The monoisotopic (exact) mass is 322 g/mol. The summed E-state index contributed by atoms with van der Waals surface area (Å²) in [5.74, 6) is 1.37. The highest BCUT2D eigenvalue weighted by Crippen LogP contribution is 2.25. The third kappa shape index (κ3) is 3.02. The molecule has 0 saturated heterocycles. The van der Waals surface area contributed by atoms with Gasteiger partial charge in [-0.15, -0.1) is 11.3 Å². The number of para-hydroxylation sites is 1. The van der Waals surface area contributed by atoms with Gasteiger partial charge in [-0.3, -0.25) is 5.10 Å². The van der Waals surface area contributed by atoms with Crippen LogP contribution in [0.15, 0.2) is 60.1 Å². The van der Waals surface area contributed by atoms with Crippen LogP contribution in [0.1, 0.15) is 4.88 Å². The predicted octanol–water partition coefficient (Wildman–Crippen LogP) is 4.34. The Kier molecular flexibility index (Phi) is 3.65. The Balaban J connectivity index is 1.52. The molecule has 3 aromatic heterocycles. The predicted molar refractivity (Wildman–Crippen MR) is 92.3 cm³/mol. The molecule has 0 aliphatic rings. The number of aromatic amines is 1. The van der Waals surface area contributed by atoms with Crippen LogP contribution in [0.3, 0.4) is 0 Å². The van der Waals surface area contributed by atoms with Crippen molar-refractivity contribution >= 4 is 33.7 Å². The molecule has 0 atom stereocenters. The number of H-pyrrole nitrogens is 1. The number of hydrogen-bond acceptors (Lipinski definition) is 5. The summed E-state index contributed by atoms with van der Waals surface area (Å²) in [6, 6.07) is 15.8. The molecule has 4 rings (SSSR count). The molecular weight excluding hydrogens is 308 g/mol. The van der Waals surface area contributed by atoms with Gasteiger partial charge in [0.2, 0.25) is 5.88 Å². The van der Waals surface area contributed by atoms with Gasteiger partial charge in [0.1, 0.15) is 6.61 Å². The highest BCUT2D eigenvalue weighted by atomic mass is 32.1. The summed E-state index contributed by atoms with van der Waals surface area (Å²) in [7, 11) is 0. The average Bonchev–Trinajstić information content (AvgIpc) is 3.24. The molecule has 1 aromatic carbocycles. The zero-order valence-electron chi connectivity index (χ0n) is 12.2. The van der Waals surface area contributed by atoms with E-state index < -0.39 is 0 Å². The van der Waals surface area contributed by atoms with Crippen LogP contribution < -0.4 is 10.1 Å². The molecule has 3 heterocycles. The van der Waals surface area contributed by atoms with Gasteiger partial charge in [0.25, 0.3) is 0 Å². The number of pyridine rings is 1. The van der Waals surface area contributed by atoms with E-state index in [-0.39, 0.29) is 0 Å². The molecule has 0 aliphatic heterocycles. The van der Waals surface area contributed by atoms with E-state index in [0.29, 0.717) is 12.5 Å². The quantitative estimate of drug-likeness (QED) is 0.573. The van der Waals surface area contributed by atoms with Gasteiger partial charge in [0.05, 0.1) is 5.52 Å². The molecule has 0 fully saturated rings. The summed E-state index contributed by atoms with van der Waals surface area (Å²) in [6.07, 6.45) is 1.72. The van der Waals surface area contributed by atoms with E-state index in [0.717, 1.165) is 22.4 Å². The Morgan fingerprint density at radius 3 is 3.00 bits per heavy atom. The minimum atomic E-state index is 0.527. The largest absolute Gasteiger partial charge is 0.472 e. The lowest BCUT2D eigenvalue weighted by Crippen LogP contribution is -1.97. The van der Waals surface area contributed by atoms with Gasteiger partial charge in [0.15, 0.2) is 5.82 Å². The minimum absolute atomic E-state index is 0.527. The van der Waals surface area contributed by atoms with E-state index in [2.05, 4.69) is 20.5 Å². The van der Waals surface area contributed by atoms with E-state index in [1.807, 2.05) is 53.9 Å². The second-order valence-electron chi connectivity index (χ2n) is 4.99. The summed E-state index contributed by atoms with van der Waals surface area (Å²) in [4.78, 5) is 5.41. The maximum atomic E-state index is 5.73. The molecule has 0 unspecified atom stereocenters. The van der Waals surface area contributed by atoms with Gasteiger partial charge in [0, 0.05) is 28.2 Å². The molecule has 0 amide bonds. The normalized spacial score (nSPS) is 10.8. The molecule has 2 N–H and O–H groups in total. The van der Waals surface area contributed by atoms with Gasteiger partial charge < -0.3 is 10.1 Å². The Morgan fingerprint density at radius 2 is 2.09 bits per heavy atom. The maximum absolute atomic E-state index is 5.73. The van der Waals surface area contributed by atoms with Crippen molar-refractivity contribution in [3.05, 3.63) is 65.0 Å². The smallest absolute Gasteiger partial charge is 0.215 e. The van der Waals surface area contributed by atoms with Gasteiger partial charge >= 0.3 is 0 Å². The number of thiophene rings is 1. The number of ether oxygens (including phenoxy) is 1. The molecule has 4 aromatic rings. The van der Waals surface area contributed by atoms with E-state index in [4.69, 9.17) is 4.74 Å². The number of benzene rings is 1. The molecule has 0 radical (unpaired) electrons. The molecule has 5 nitrogen and oxygen atoms in total. The van der Waals surface area contributed by atoms with Crippen molar-refractivity contribution < 1.29 is 4.74 Å². The summed E-state index contributed by atoms with van der Waals surface area (Å²) < 4.78 is 5.73.